The fraction of sp³-hybridized carbons (Fsp3) is 0.0952. The Morgan fingerprint density at radius 1 is 0.893 bits per heavy atom. The minimum absolute atomic E-state index is 0.0175. The number of hydrogen-bond acceptors (Lipinski definition) is 3. The van der Waals surface area contributed by atoms with E-state index in [1.54, 1.807) is 38.1 Å². The van der Waals surface area contributed by atoms with Crippen molar-refractivity contribution in [2.75, 3.05) is 0 Å². The van der Waals surface area contributed by atoms with Gasteiger partial charge in [0.2, 0.25) is 0 Å². The van der Waals surface area contributed by atoms with Crippen LogP contribution in [0.3, 0.4) is 0 Å². The van der Waals surface area contributed by atoms with Gasteiger partial charge in [-0.2, -0.15) is 8.42 Å². The summed E-state index contributed by atoms with van der Waals surface area (Å²) in [5, 5.41) is 0.430. The standard InChI is InChI=1S/C21H17ClN2O3S/c1-14-12-18(25)13-15(2)20(14)23-21(16-6-4-3-5-7-16)24-28(26,27)19-10-8-17(22)9-11-19/h3-13H,1-2H3. The fourth-order valence-corrected chi connectivity index (χ4v) is 3.78. The average Bonchev–Trinajstić information content (AvgIpc) is 2.64. The van der Waals surface area contributed by atoms with Crippen LogP contribution in [-0.4, -0.2) is 25.7 Å². The molecule has 0 atom stereocenters. The molecule has 0 spiro atoms. The van der Waals surface area contributed by atoms with Gasteiger partial charge >= 0.3 is 0 Å². The zero-order valence-corrected chi connectivity index (χ0v) is 16.8. The molecule has 0 N–H and O–H groups in total. The van der Waals surface area contributed by atoms with Gasteiger partial charge in [-0.05, 0) is 61.4 Å². The third-order valence-corrected chi connectivity index (χ3v) is 5.57. The maximum absolute atomic E-state index is 12.8. The molecule has 0 amide bonds. The number of ketones is 1. The number of carbonyl (C=O) groups excluding carboxylic acids is 1. The van der Waals surface area contributed by atoms with Gasteiger partial charge < -0.3 is 0 Å². The third kappa shape index (κ3) is 4.52. The first kappa shape index (κ1) is 19.9. The van der Waals surface area contributed by atoms with Gasteiger partial charge in [0.1, 0.15) is 0 Å². The quantitative estimate of drug-likeness (QED) is 0.426. The second-order valence-electron chi connectivity index (χ2n) is 6.23. The van der Waals surface area contributed by atoms with Gasteiger partial charge in [0.15, 0.2) is 11.6 Å². The highest BCUT2D eigenvalue weighted by atomic mass is 35.5. The second-order valence-corrected chi connectivity index (χ2v) is 8.27. The molecule has 0 heterocycles. The molecular formula is C21H17ClN2O3S. The SMILES string of the molecule is CC1=CC(=O)C=C(C)C1=NC(=NS(=O)(=O)c1ccc(Cl)cc1)c1ccccc1. The van der Waals surface area contributed by atoms with Crippen molar-refractivity contribution < 1.29 is 13.2 Å². The smallest absolute Gasteiger partial charge is 0.284 e. The summed E-state index contributed by atoms with van der Waals surface area (Å²) in [6, 6.07) is 14.6. The molecule has 28 heavy (non-hydrogen) atoms. The molecule has 0 unspecified atom stereocenters. The van der Waals surface area contributed by atoms with Gasteiger partial charge in [0.25, 0.3) is 10.0 Å². The number of aliphatic imine (C=N–C) groups is 1. The number of halogens is 1. The number of amidine groups is 1. The van der Waals surface area contributed by atoms with Crippen molar-refractivity contribution in [3.05, 3.63) is 88.5 Å². The Kier molecular flexibility index (Phi) is 5.72. The van der Waals surface area contributed by atoms with E-state index in [0.29, 0.717) is 27.4 Å². The van der Waals surface area contributed by atoms with Gasteiger partial charge in [0.05, 0.1) is 10.6 Å². The van der Waals surface area contributed by atoms with E-state index >= 15 is 0 Å². The Labute approximate surface area is 168 Å². The van der Waals surface area contributed by atoms with Crippen LogP contribution in [0.15, 0.2) is 92.2 Å². The third-order valence-electron chi connectivity index (χ3n) is 4.03. The Bertz CT molecular complexity index is 1120. The lowest BCUT2D eigenvalue weighted by atomic mass is 9.97. The molecule has 1 aliphatic rings. The van der Waals surface area contributed by atoms with Crippen molar-refractivity contribution in [3.8, 4) is 0 Å². The average molecular weight is 413 g/mol. The van der Waals surface area contributed by atoms with Crippen molar-refractivity contribution in [3.63, 3.8) is 0 Å². The largest absolute Gasteiger partial charge is 0.290 e. The van der Waals surface area contributed by atoms with E-state index in [9.17, 15) is 13.2 Å². The monoisotopic (exact) mass is 412 g/mol. The highest BCUT2D eigenvalue weighted by Crippen LogP contribution is 2.20. The van der Waals surface area contributed by atoms with Crippen LogP contribution in [0.25, 0.3) is 0 Å². The first-order chi connectivity index (χ1) is 13.3. The molecule has 0 aromatic heterocycles. The molecule has 0 saturated carbocycles. The van der Waals surface area contributed by atoms with Crippen molar-refractivity contribution in [2.45, 2.75) is 18.7 Å². The molecule has 0 saturated heterocycles. The Morgan fingerprint density at radius 3 is 2.04 bits per heavy atom. The molecule has 142 valence electrons. The van der Waals surface area contributed by atoms with E-state index in [2.05, 4.69) is 9.39 Å². The van der Waals surface area contributed by atoms with E-state index in [0.717, 1.165) is 0 Å². The molecule has 2 aromatic carbocycles. The first-order valence-corrected chi connectivity index (χ1v) is 10.2. The number of nitrogens with zero attached hydrogens (tertiary/aromatic N) is 2. The summed E-state index contributed by atoms with van der Waals surface area (Å²) in [5.74, 6) is -0.0821. The first-order valence-electron chi connectivity index (χ1n) is 8.42. The van der Waals surface area contributed by atoms with Crippen LogP contribution in [0.5, 0.6) is 0 Å². The highest BCUT2D eigenvalue weighted by Gasteiger charge is 2.18. The number of rotatable bonds is 3. The molecule has 2 aromatic rings. The molecule has 5 nitrogen and oxygen atoms in total. The lowest BCUT2D eigenvalue weighted by Gasteiger charge is -2.12. The normalized spacial score (nSPS) is 15.2. The second kappa shape index (κ2) is 8.04. The van der Waals surface area contributed by atoms with Gasteiger partial charge in [-0.15, -0.1) is 4.40 Å². The van der Waals surface area contributed by atoms with E-state index in [4.69, 9.17) is 11.6 Å². The van der Waals surface area contributed by atoms with Crippen molar-refractivity contribution in [1.29, 1.82) is 0 Å². The predicted octanol–water partition coefficient (Wildman–Crippen LogP) is 4.39. The van der Waals surface area contributed by atoms with Crippen molar-refractivity contribution >= 4 is 39.0 Å². The molecule has 0 fully saturated rings. The van der Waals surface area contributed by atoms with Crippen LogP contribution in [0.1, 0.15) is 19.4 Å². The van der Waals surface area contributed by atoms with Crippen LogP contribution in [0.4, 0.5) is 0 Å². The van der Waals surface area contributed by atoms with Crippen LogP contribution in [-0.2, 0) is 14.8 Å². The number of allylic oxidation sites excluding steroid dienone is 4. The zero-order valence-electron chi connectivity index (χ0n) is 15.3. The predicted molar refractivity (Wildman–Crippen MR) is 112 cm³/mol. The maximum atomic E-state index is 12.8. The minimum atomic E-state index is -4.00. The topological polar surface area (TPSA) is 75.9 Å². The number of carbonyl (C=O) groups is 1. The number of hydrogen-bond donors (Lipinski definition) is 0. The summed E-state index contributed by atoms with van der Waals surface area (Å²) in [4.78, 5) is 16.2. The van der Waals surface area contributed by atoms with E-state index in [1.807, 2.05) is 6.07 Å². The van der Waals surface area contributed by atoms with Gasteiger partial charge in [-0.3, -0.25) is 4.79 Å². The van der Waals surface area contributed by atoms with Gasteiger partial charge in [-0.25, -0.2) is 4.99 Å². The van der Waals surface area contributed by atoms with Crippen LogP contribution in [0, 0.1) is 0 Å². The molecular weight excluding hydrogens is 396 g/mol. The van der Waals surface area contributed by atoms with Gasteiger partial charge in [0, 0.05) is 10.6 Å². The molecule has 3 rings (SSSR count). The van der Waals surface area contributed by atoms with E-state index < -0.39 is 10.0 Å². The van der Waals surface area contributed by atoms with Crippen molar-refractivity contribution in [1.82, 2.24) is 0 Å². The van der Waals surface area contributed by atoms with E-state index in [-0.39, 0.29) is 16.5 Å². The molecule has 0 radical (unpaired) electrons. The molecule has 7 heteroatoms. The maximum Gasteiger partial charge on any atom is 0.284 e. The summed E-state index contributed by atoms with van der Waals surface area (Å²) in [6.07, 6.45) is 2.92. The highest BCUT2D eigenvalue weighted by molar-refractivity contribution is 7.90. The Hall–Kier alpha value is -2.83. The molecule has 1 aliphatic carbocycles. The zero-order chi connectivity index (χ0) is 20.3. The van der Waals surface area contributed by atoms with Crippen LogP contribution >= 0.6 is 11.6 Å². The van der Waals surface area contributed by atoms with Gasteiger partial charge in [-0.1, -0.05) is 41.9 Å². The lowest BCUT2D eigenvalue weighted by Crippen LogP contribution is -2.14. The van der Waals surface area contributed by atoms with Crippen LogP contribution in [0.2, 0.25) is 5.02 Å². The summed E-state index contributed by atoms with van der Waals surface area (Å²) in [5.41, 5.74) is 2.37. The minimum Gasteiger partial charge on any atom is -0.290 e. The molecule has 0 aliphatic heterocycles. The number of sulfonamides is 1. The molecule has 0 bridgehead atoms. The van der Waals surface area contributed by atoms with E-state index in [1.165, 1.54) is 36.4 Å². The fourth-order valence-electron chi connectivity index (χ4n) is 2.70. The number of benzene rings is 2. The van der Waals surface area contributed by atoms with Crippen molar-refractivity contribution in [2.24, 2.45) is 9.39 Å². The van der Waals surface area contributed by atoms with Crippen LogP contribution < -0.4 is 0 Å². The Morgan fingerprint density at radius 2 is 1.46 bits per heavy atom. The summed E-state index contributed by atoms with van der Waals surface area (Å²) in [7, 11) is -4.00. The Balaban J connectivity index is 2.16. The lowest BCUT2D eigenvalue weighted by molar-refractivity contribution is -0.110. The summed E-state index contributed by atoms with van der Waals surface area (Å²) >= 11 is 5.84. The summed E-state index contributed by atoms with van der Waals surface area (Å²) < 4.78 is 29.6. The summed E-state index contributed by atoms with van der Waals surface area (Å²) in [6.45, 7) is 3.51.